The number of aryl methyl sites for hydroxylation is 1. The second-order valence-electron chi connectivity index (χ2n) is 13.3. The highest BCUT2D eigenvalue weighted by Crippen LogP contribution is 2.42. The summed E-state index contributed by atoms with van der Waals surface area (Å²) in [6.45, 7) is 4.14. The molecule has 1 atom stereocenters. The molecule has 0 amide bonds. The number of nitrogen functional groups attached to an aromatic ring is 1. The molecule has 56 heavy (non-hydrogen) atoms. The van der Waals surface area contributed by atoms with Crippen LogP contribution in [0.5, 0.6) is 17.2 Å². The number of hydrogen-bond acceptors (Lipinski definition) is 11. The first-order valence-electron chi connectivity index (χ1n) is 17.7. The zero-order valence-electron chi connectivity index (χ0n) is 31.3. The summed E-state index contributed by atoms with van der Waals surface area (Å²) in [6, 6.07) is 19.5. The number of alkyl halides is 3. The molecule has 5 aromatic rings. The van der Waals surface area contributed by atoms with Gasteiger partial charge >= 0.3 is 6.18 Å². The molecule has 7 rings (SSSR count). The number of benzene rings is 3. The van der Waals surface area contributed by atoms with E-state index in [9.17, 15) is 0 Å². The Labute approximate surface area is 326 Å². The molecule has 290 valence electrons. The highest BCUT2D eigenvalue weighted by molar-refractivity contribution is 6.33. The van der Waals surface area contributed by atoms with Gasteiger partial charge in [0.2, 0.25) is 0 Å². The Morgan fingerprint density at radius 1 is 1.02 bits per heavy atom. The zero-order valence-corrected chi connectivity index (χ0v) is 32.1. The van der Waals surface area contributed by atoms with E-state index in [1.807, 2.05) is 71.3 Å². The molecular formula is C41H40ClF3N8O3. The van der Waals surface area contributed by atoms with E-state index in [0.717, 1.165) is 22.4 Å². The largest absolute Gasteiger partial charge is 0.497 e. The maximum atomic E-state index is 15.1. The Hall–Kier alpha value is -6.15. The number of nitrogens with two attached hydrogens (primary N) is 1. The average Bonchev–Trinajstić information content (AvgIpc) is 3.38. The lowest BCUT2D eigenvalue weighted by Crippen LogP contribution is -2.44. The van der Waals surface area contributed by atoms with Crippen molar-refractivity contribution in [2.45, 2.75) is 39.2 Å². The van der Waals surface area contributed by atoms with Gasteiger partial charge in [-0.2, -0.15) is 13.2 Å². The molecular weight excluding hydrogens is 745 g/mol. The summed E-state index contributed by atoms with van der Waals surface area (Å²) in [5.74, 6) is 2.87. The van der Waals surface area contributed by atoms with Crippen molar-refractivity contribution in [3.05, 3.63) is 129 Å². The Bertz CT molecular complexity index is 2380. The Balaban J connectivity index is 1.39. The maximum absolute atomic E-state index is 15.1. The van der Waals surface area contributed by atoms with Gasteiger partial charge in [-0.25, -0.2) is 9.97 Å². The number of nitrogens with one attached hydrogen (secondary N) is 2. The molecule has 1 unspecified atom stereocenters. The second-order valence-corrected chi connectivity index (χ2v) is 13.7. The first-order valence-corrected chi connectivity index (χ1v) is 18.1. The molecule has 0 saturated carbocycles. The molecule has 4 heterocycles. The van der Waals surface area contributed by atoms with E-state index < -0.39 is 11.7 Å². The molecule has 0 spiro atoms. The van der Waals surface area contributed by atoms with Crippen molar-refractivity contribution in [1.29, 1.82) is 0 Å². The van der Waals surface area contributed by atoms with Crippen LogP contribution in [0, 0.1) is 6.92 Å². The molecule has 2 aliphatic rings. The van der Waals surface area contributed by atoms with E-state index >= 15 is 13.2 Å². The third-order valence-electron chi connectivity index (χ3n) is 9.83. The first-order chi connectivity index (χ1) is 26.9. The third kappa shape index (κ3) is 7.44. The first kappa shape index (κ1) is 38.1. The van der Waals surface area contributed by atoms with Gasteiger partial charge < -0.3 is 40.4 Å². The summed E-state index contributed by atoms with van der Waals surface area (Å²) >= 11 is 7.15. The van der Waals surface area contributed by atoms with E-state index in [1.54, 1.807) is 33.7 Å². The summed E-state index contributed by atoms with van der Waals surface area (Å²) < 4.78 is 62.2. The Morgan fingerprint density at radius 3 is 2.25 bits per heavy atom. The van der Waals surface area contributed by atoms with Gasteiger partial charge in [-0.1, -0.05) is 35.9 Å². The van der Waals surface area contributed by atoms with Crippen molar-refractivity contribution in [1.82, 2.24) is 20.2 Å². The SMILES string of the molecule is CNc1cnc(N)c(C(C)N2C=COc3cc(-c4nc(N(Cc5ccc(OC)cc5)Cc5ccc(OC)cc5)cc(C)c4C(F)(F)F)c(Cl)c4c3=C2NCN=4)c1. The smallest absolute Gasteiger partial charge is 0.418 e. The molecule has 15 heteroatoms. The fourth-order valence-electron chi connectivity index (χ4n) is 6.94. The van der Waals surface area contributed by atoms with Gasteiger partial charge in [0.1, 0.15) is 47.6 Å². The van der Waals surface area contributed by atoms with Gasteiger partial charge in [0, 0.05) is 37.5 Å². The van der Waals surface area contributed by atoms with Crippen molar-refractivity contribution < 1.29 is 27.4 Å². The summed E-state index contributed by atoms with van der Waals surface area (Å²) in [6.07, 6.45) is 0.0624. The van der Waals surface area contributed by atoms with Gasteiger partial charge in [0.15, 0.2) is 0 Å². The van der Waals surface area contributed by atoms with E-state index in [1.165, 1.54) is 25.3 Å². The normalized spacial score (nSPS) is 13.8. The number of halogens is 4. The fraction of sp³-hybridized carbons (Fsp3) is 0.244. The van der Waals surface area contributed by atoms with Crippen LogP contribution in [0.1, 0.15) is 40.8 Å². The number of rotatable bonds is 11. The van der Waals surface area contributed by atoms with Crippen LogP contribution in [0.4, 0.5) is 30.5 Å². The monoisotopic (exact) mass is 784 g/mol. The number of pyridine rings is 2. The van der Waals surface area contributed by atoms with E-state index in [4.69, 9.17) is 36.5 Å². The highest BCUT2D eigenvalue weighted by Gasteiger charge is 2.38. The lowest BCUT2D eigenvalue weighted by molar-refractivity contribution is -0.137. The van der Waals surface area contributed by atoms with Crippen LogP contribution in [-0.2, 0) is 19.3 Å². The van der Waals surface area contributed by atoms with Gasteiger partial charge in [-0.05, 0) is 73.0 Å². The lowest BCUT2D eigenvalue weighted by atomic mass is 9.99. The predicted octanol–water partition coefficient (Wildman–Crippen LogP) is 7.14. The van der Waals surface area contributed by atoms with E-state index in [-0.39, 0.29) is 45.7 Å². The minimum Gasteiger partial charge on any atom is -0.497 e. The predicted molar refractivity (Wildman–Crippen MR) is 211 cm³/mol. The molecule has 2 aliphatic heterocycles. The van der Waals surface area contributed by atoms with Crippen LogP contribution in [0.3, 0.4) is 0 Å². The quantitative estimate of drug-likeness (QED) is 0.127. The van der Waals surface area contributed by atoms with Crippen molar-refractivity contribution >= 4 is 34.7 Å². The van der Waals surface area contributed by atoms with Gasteiger partial charge in [0.25, 0.3) is 0 Å². The van der Waals surface area contributed by atoms with Crippen LogP contribution < -0.4 is 46.1 Å². The van der Waals surface area contributed by atoms with E-state index in [2.05, 4.69) is 20.6 Å². The summed E-state index contributed by atoms with van der Waals surface area (Å²) in [4.78, 5) is 17.6. The Morgan fingerprint density at radius 2 is 1.66 bits per heavy atom. The fourth-order valence-corrected chi connectivity index (χ4v) is 7.23. The van der Waals surface area contributed by atoms with Gasteiger partial charge in [-0.15, -0.1) is 0 Å². The molecule has 2 aromatic heterocycles. The molecule has 11 nitrogen and oxygen atoms in total. The van der Waals surface area contributed by atoms with E-state index in [0.29, 0.717) is 47.3 Å². The number of hydrogen-bond donors (Lipinski definition) is 3. The van der Waals surface area contributed by atoms with Gasteiger partial charge in [-0.3, -0.25) is 4.99 Å². The Kier molecular flexibility index (Phi) is 10.6. The van der Waals surface area contributed by atoms with Crippen LogP contribution >= 0.6 is 11.6 Å². The summed E-state index contributed by atoms with van der Waals surface area (Å²) in [7, 11) is 4.96. The zero-order chi connectivity index (χ0) is 39.7. The summed E-state index contributed by atoms with van der Waals surface area (Å²) in [5.41, 5.74) is 8.40. The minimum absolute atomic E-state index is 0.00521. The number of nitrogens with zero attached hydrogens (tertiary/aromatic N) is 5. The van der Waals surface area contributed by atoms with Crippen LogP contribution in [-0.4, -0.2) is 42.8 Å². The molecule has 0 saturated heterocycles. The molecule has 3 aromatic carbocycles. The topological polar surface area (TPSA) is 122 Å². The van der Waals surface area contributed by atoms with Crippen LogP contribution in [0.2, 0.25) is 5.02 Å². The van der Waals surface area contributed by atoms with Crippen LogP contribution in [0.15, 0.2) is 90.4 Å². The van der Waals surface area contributed by atoms with Gasteiger partial charge in [0.05, 0.1) is 59.0 Å². The molecule has 0 fully saturated rings. The van der Waals surface area contributed by atoms with Crippen molar-refractivity contribution in [3.8, 4) is 28.5 Å². The average molecular weight is 785 g/mol. The maximum Gasteiger partial charge on any atom is 0.418 e. The molecule has 4 N–H and O–H groups in total. The van der Waals surface area contributed by atoms with Crippen molar-refractivity contribution in [2.75, 3.05) is 43.9 Å². The number of ether oxygens (including phenoxy) is 3. The minimum atomic E-state index is -4.77. The summed E-state index contributed by atoms with van der Waals surface area (Å²) in [5, 5.41) is 7.16. The lowest BCUT2D eigenvalue weighted by Gasteiger charge is -2.31. The third-order valence-corrected chi connectivity index (χ3v) is 10.2. The number of aromatic nitrogens is 2. The van der Waals surface area contributed by atoms with Crippen molar-refractivity contribution in [3.63, 3.8) is 0 Å². The highest BCUT2D eigenvalue weighted by atomic mass is 35.5. The van der Waals surface area contributed by atoms with Crippen molar-refractivity contribution in [2.24, 2.45) is 4.99 Å². The number of anilines is 3. The second kappa shape index (κ2) is 15.5. The molecule has 0 aliphatic carbocycles. The molecule has 0 radical (unpaired) electrons. The standard InChI is InChI=1S/C41H40ClF3N8O3/c1-23-16-33(52(20-25-6-10-28(54-4)11-7-25)21-26-8-12-29(55-5)13-9-26)51-37(35(23)41(43,44)45)31-18-32-34-38(36(31)42)49-22-50-40(34)53(14-15-56-32)24(2)30-17-27(47-3)19-48-39(30)46/h6-19,24,47,50H,20-22H2,1-5H3,(H2,46,48). The molecule has 0 bridgehead atoms. The number of methoxy groups -OCH3 is 2. The van der Waals surface area contributed by atoms with Crippen LogP contribution in [0.25, 0.3) is 17.1 Å².